The average molecular weight is 282 g/mol. The van der Waals surface area contributed by atoms with Gasteiger partial charge in [0.05, 0.1) is 19.8 Å². The van der Waals surface area contributed by atoms with E-state index in [1.807, 2.05) is 24.3 Å². The lowest BCUT2D eigenvalue weighted by atomic mass is 10.0. The van der Waals surface area contributed by atoms with Crippen molar-refractivity contribution in [3.8, 4) is 5.75 Å². The van der Waals surface area contributed by atoms with Gasteiger partial charge in [-0.1, -0.05) is 19.1 Å². The van der Waals surface area contributed by atoms with E-state index in [1.54, 1.807) is 7.11 Å². The number of benzene rings is 1. The Hall–Kier alpha value is -1.14. The van der Waals surface area contributed by atoms with Gasteiger partial charge in [-0.25, -0.2) is 0 Å². The van der Waals surface area contributed by atoms with Crippen LogP contribution < -0.4 is 16.0 Å². The number of nitrogens with two attached hydrogens (primary N) is 1. The Bertz CT molecular complexity index is 343. The Morgan fingerprint density at radius 3 is 2.45 bits per heavy atom. The average Bonchev–Trinajstić information content (AvgIpc) is 2.49. The molecular formula is C15H26N2O3. The van der Waals surface area contributed by atoms with Crippen LogP contribution in [0.1, 0.15) is 31.4 Å². The van der Waals surface area contributed by atoms with E-state index in [0.717, 1.165) is 30.8 Å². The summed E-state index contributed by atoms with van der Waals surface area (Å²) in [6.07, 6.45) is 1.82. The Labute approximate surface area is 121 Å². The van der Waals surface area contributed by atoms with Crippen LogP contribution in [-0.2, 0) is 9.47 Å². The topological polar surface area (TPSA) is 65.7 Å². The van der Waals surface area contributed by atoms with Crippen LogP contribution in [0.15, 0.2) is 24.3 Å². The molecule has 0 aliphatic heterocycles. The molecule has 0 radical (unpaired) electrons. The molecule has 1 unspecified atom stereocenters. The molecule has 0 saturated carbocycles. The summed E-state index contributed by atoms with van der Waals surface area (Å²) in [5.74, 6) is 6.49. The number of ether oxygens (including phenoxy) is 3. The van der Waals surface area contributed by atoms with Gasteiger partial charge in [0.1, 0.15) is 5.75 Å². The first kappa shape index (κ1) is 16.9. The van der Waals surface area contributed by atoms with Crippen molar-refractivity contribution < 1.29 is 14.2 Å². The first-order chi connectivity index (χ1) is 9.81. The summed E-state index contributed by atoms with van der Waals surface area (Å²) >= 11 is 0. The van der Waals surface area contributed by atoms with Crippen LogP contribution in [0.25, 0.3) is 0 Å². The molecular weight excluding hydrogens is 256 g/mol. The lowest BCUT2D eigenvalue weighted by Crippen LogP contribution is -2.29. The maximum absolute atomic E-state index is 5.60. The third-order valence-corrected chi connectivity index (χ3v) is 2.94. The van der Waals surface area contributed by atoms with E-state index in [4.69, 9.17) is 20.1 Å². The number of hydrogen-bond acceptors (Lipinski definition) is 5. The van der Waals surface area contributed by atoms with E-state index in [2.05, 4.69) is 12.3 Å². The van der Waals surface area contributed by atoms with Gasteiger partial charge in [-0.2, -0.15) is 0 Å². The minimum atomic E-state index is 0.0813. The minimum Gasteiger partial charge on any atom is -0.494 e. The van der Waals surface area contributed by atoms with Gasteiger partial charge >= 0.3 is 0 Å². The van der Waals surface area contributed by atoms with Gasteiger partial charge < -0.3 is 14.2 Å². The third-order valence-electron chi connectivity index (χ3n) is 2.94. The molecule has 0 spiro atoms. The molecule has 1 atom stereocenters. The van der Waals surface area contributed by atoms with Crippen LogP contribution in [0, 0.1) is 0 Å². The van der Waals surface area contributed by atoms with Crippen molar-refractivity contribution >= 4 is 0 Å². The molecule has 0 bridgehead atoms. The summed E-state index contributed by atoms with van der Waals surface area (Å²) in [6.45, 7) is 4.70. The Morgan fingerprint density at radius 1 is 1.10 bits per heavy atom. The van der Waals surface area contributed by atoms with Gasteiger partial charge in [-0.3, -0.25) is 11.3 Å². The monoisotopic (exact) mass is 282 g/mol. The van der Waals surface area contributed by atoms with Crippen molar-refractivity contribution in [1.82, 2.24) is 5.43 Å². The fourth-order valence-electron chi connectivity index (χ4n) is 1.81. The third kappa shape index (κ3) is 6.34. The molecule has 0 aliphatic rings. The van der Waals surface area contributed by atoms with Crippen LogP contribution in [0.2, 0.25) is 0 Å². The molecule has 114 valence electrons. The molecule has 1 aromatic rings. The highest BCUT2D eigenvalue weighted by molar-refractivity contribution is 5.29. The molecule has 0 aromatic heterocycles. The Balaban J connectivity index is 2.40. The molecule has 0 heterocycles. The highest BCUT2D eigenvalue weighted by Crippen LogP contribution is 2.20. The first-order valence-corrected chi connectivity index (χ1v) is 7.07. The number of methoxy groups -OCH3 is 1. The molecule has 20 heavy (non-hydrogen) atoms. The molecule has 1 aromatic carbocycles. The molecule has 5 nitrogen and oxygen atoms in total. The number of nitrogens with one attached hydrogen (secondary N) is 1. The number of hydrazine groups is 1. The quantitative estimate of drug-likeness (QED) is 0.369. The van der Waals surface area contributed by atoms with E-state index in [0.29, 0.717) is 19.8 Å². The fraction of sp³-hybridized carbons (Fsp3) is 0.600. The zero-order valence-corrected chi connectivity index (χ0v) is 12.4. The van der Waals surface area contributed by atoms with Crippen molar-refractivity contribution in [2.45, 2.75) is 25.8 Å². The van der Waals surface area contributed by atoms with E-state index >= 15 is 0 Å². The van der Waals surface area contributed by atoms with E-state index in [1.165, 1.54) is 0 Å². The summed E-state index contributed by atoms with van der Waals surface area (Å²) in [5.41, 5.74) is 3.95. The Kier molecular flexibility index (Phi) is 8.98. The van der Waals surface area contributed by atoms with E-state index < -0.39 is 0 Å². The zero-order valence-electron chi connectivity index (χ0n) is 12.4. The summed E-state index contributed by atoms with van der Waals surface area (Å²) in [5, 5.41) is 0. The van der Waals surface area contributed by atoms with Crippen LogP contribution in [-0.4, -0.2) is 33.5 Å². The van der Waals surface area contributed by atoms with Crippen molar-refractivity contribution in [2.24, 2.45) is 5.84 Å². The van der Waals surface area contributed by atoms with E-state index in [9.17, 15) is 0 Å². The molecule has 0 aliphatic carbocycles. The minimum absolute atomic E-state index is 0.0813. The van der Waals surface area contributed by atoms with Crippen LogP contribution in [0.4, 0.5) is 0 Å². The van der Waals surface area contributed by atoms with Crippen molar-refractivity contribution in [3.05, 3.63) is 29.8 Å². The van der Waals surface area contributed by atoms with E-state index in [-0.39, 0.29) is 6.04 Å². The first-order valence-electron chi connectivity index (χ1n) is 7.07. The smallest absolute Gasteiger partial charge is 0.119 e. The summed E-state index contributed by atoms with van der Waals surface area (Å²) < 4.78 is 15.9. The summed E-state index contributed by atoms with van der Waals surface area (Å²) in [4.78, 5) is 0. The molecule has 1 rings (SSSR count). The van der Waals surface area contributed by atoms with Crippen LogP contribution in [0.5, 0.6) is 5.75 Å². The second-order valence-corrected chi connectivity index (χ2v) is 4.53. The summed E-state index contributed by atoms with van der Waals surface area (Å²) in [7, 11) is 1.66. The molecule has 3 N–H and O–H groups in total. The van der Waals surface area contributed by atoms with Crippen LogP contribution in [0.3, 0.4) is 0 Å². The lowest BCUT2D eigenvalue weighted by Gasteiger charge is -2.17. The van der Waals surface area contributed by atoms with Crippen molar-refractivity contribution in [2.75, 3.05) is 33.5 Å². The summed E-state index contributed by atoms with van der Waals surface area (Å²) in [6, 6.07) is 8.09. The van der Waals surface area contributed by atoms with Crippen LogP contribution >= 0.6 is 0 Å². The van der Waals surface area contributed by atoms with Gasteiger partial charge in [0.25, 0.3) is 0 Å². The van der Waals surface area contributed by atoms with Gasteiger partial charge in [-0.05, 0) is 30.5 Å². The molecule has 5 heteroatoms. The largest absolute Gasteiger partial charge is 0.494 e. The molecule has 0 saturated heterocycles. The Morgan fingerprint density at radius 2 is 1.85 bits per heavy atom. The maximum atomic E-state index is 5.60. The van der Waals surface area contributed by atoms with Gasteiger partial charge in [-0.15, -0.1) is 0 Å². The van der Waals surface area contributed by atoms with Gasteiger partial charge in [0.15, 0.2) is 0 Å². The predicted octanol–water partition coefficient (Wildman–Crippen LogP) is 2.03. The lowest BCUT2D eigenvalue weighted by molar-refractivity contribution is 0.0657. The van der Waals surface area contributed by atoms with Gasteiger partial charge in [0, 0.05) is 19.8 Å². The standard InChI is InChI=1S/C15H26N2O3/c1-3-9-20-14-6-4-13(5-7-14)15(17-16)8-10-19-12-11-18-2/h4-7,15,17H,3,8-12,16H2,1-2H3. The van der Waals surface area contributed by atoms with Crippen molar-refractivity contribution in [1.29, 1.82) is 0 Å². The fourth-order valence-corrected chi connectivity index (χ4v) is 1.81. The number of hydrogen-bond donors (Lipinski definition) is 2. The second kappa shape index (κ2) is 10.6. The molecule has 0 fully saturated rings. The van der Waals surface area contributed by atoms with Crippen molar-refractivity contribution in [3.63, 3.8) is 0 Å². The maximum Gasteiger partial charge on any atom is 0.119 e. The second-order valence-electron chi connectivity index (χ2n) is 4.53. The predicted molar refractivity (Wildman–Crippen MR) is 79.6 cm³/mol. The SMILES string of the molecule is CCCOc1ccc(C(CCOCCOC)NN)cc1. The highest BCUT2D eigenvalue weighted by Gasteiger charge is 2.09. The van der Waals surface area contributed by atoms with Gasteiger partial charge in [0.2, 0.25) is 0 Å². The molecule has 0 amide bonds. The zero-order chi connectivity index (χ0) is 14.6. The normalized spacial score (nSPS) is 12.3. The highest BCUT2D eigenvalue weighted by atomic mass is 16.5. The number of rotatable bonds is 11.